The zero-order chi connectivity index (χ0) is 18.9. The average Bonchev–Trinajstić information content (AvgIpc) is 2.85. The van der Waals surface area contributed by atoms with Crippen molar-refractivity contribution in [3.05, 3.63) is 70.1 Å². The van der Waals surface area contributed by atoms with Gasteiger partial charge in [-0.1, -0.05) is 30.3 Å². The van der Waals surface area contributed by atoms with Gasteiger partial charge in [-0.25, -0.2) is 0 Å². The minimum absolute atomic E-state index is 0.133. The van der Waals surface area contributed by atoms with Crippen LogP contribution < -0.4 is 4.90 Å². The summed E-state index contributed by atoms with van der Waals surface area (Å²) in [4.78, 5) is 2.51. The minimum atomic E-state index is -3.29. The van der Waals surface area contributed by atoms with E-state index in [4.69, 9.17) is 0 Å². The van der Waals surface area contributed by atoms with Crippen LogP contribution in [0.4, 0.5) is 5.69 Å². The molecule has 26 heavy (non-hydrogen) atoms. The van der Waals surface area contributed by atoms with Gasteiger partial charge in [0.15, 0.2) is 0 Å². The van der Waals surface area contributed by atoms with Crippen molar-refractivity contribution in [2.24, 2.45) is 0 Å². The second-order valence-corrected chi connectivity index (χ2v) is 7.99. The molecule has 3 rings (SSSR count). The van der Waals surface area contributed by atoms with E-state index < -0.39 is 10.6 Å². The molecule has 0 unspecified atom stereocenters. The molecule has 130 valence electrons. The van der Waals surface area contributed by atoms with Crippen molar-refractivity contribution in [1.29, 1.82) is 10.5 Å². The SMILES string of the molecule is CN(C)c1ccc(/C=C2/C(=C(C#N)C#N)c3ccccc3S2(O)O)cc1. The lowest BCUT2D eigenvalue weighted by molar-refractivity contribution is 0.499. The van der Waals surface area contributed by atoms with Crippen molar-refractivity contribution in [2.45, 2.75) is 4.90 Å². The van der Waals surface area contributed by atoms with Gasteiger partial charge in [-0.3, -0.25) is 9.11 Å². The zero-order valence-corrected chi connectivity index (χ0v) is 15.2. The first-order chi connectivity index (χ1) is 12.4. The first-order valence-corrected chi connectivity index (χ1v) is 9.36. The van der Waals surface area contributed by atoms with E-state index in [0.717, 1.165) is 11.3 Å². The van der Waals surface area contributed by atoms with Crippen molar-refractivity contribution in [1.82, 2.24) is 0 Å². The number of benzene rings is 2. The summed E-state index contributed by atoms with van der Waals surface area (Å²) in [6.45, 7) is 0. The summed E-state index contributed by atoms with van der Waals surface area (Å²) in [5.41, 5.74) is 2.44. The molecule has 1 aliphatic heterocycles. The Kier molecular flexibility index (Phi) is 4.58. The van der Waals surface area contributed by atoms with Crippen LogP contribution in [0.25, 0.3) is 11.6 Å². The van der Waals surface area contributed by atoms with Crippen LogP contribution in [0.5, 0.6) is 0 Å². The van der Waals surface area contributed by atoms with Crippen molar-refractivity contribution >= 4 is 27.9 Å². The molecular weight excluding hydrogens is 346 g/mol. The standard InChI is InChI=1S/C20H17N3O2S/c1-23(2)16-9-7-14(8-10-16)11-19-20(15(12-21)13-22)17-5-3-4-6-18(17)26(19,24)25/h3-11,24-25H,1-2H3/b19-11-. The Bertz CT molecular complexity index is 991. The van der Waals surface area contributed by atoms with Crippen molar-refractivity contribution < 1.29 is 9.11 Å². The number of fused-ring (bicyclic) bond motifs is 1. The van der Waals surface area contributed by atoms with Crippen molar-refractivity contribution in [3.8, 4) is 12.1 Å². The van der Waals surface area contributed by atoms with Gasteiger partial charge in [0.1, 0.15) is 17.7 Å². The minimum Gasteiger partial charge on any atom is -0.378 e. The molecule has 1 heterocycles. The highest BCUT2D eigenvalue weighted by Gasteiger charge is 2.38. The van der Waals surface area contributed by atoms with E-state index in [-0.39, 0.29) is 10.5 Å². The lowest BCUT2D eigenvalue weighted by Gasteiger charge is -2.29. The molecule has 1 aliphatic rings. The molecule has 0 saturated heterocycles. The number of anilines is 1. The van der Waals surface area contributed by atoms with Crippen molar-refractivity contribution in [2.75, 3.05) is 19.0 Å². The highest BCUT2D eigenvalue weighted by Crippen LogP contribution is 2.68. The first-order valence-electron chi connectivity index (χ1n) is 7.81. The van der Waals surface area contributed by atoms with Crippen LogP contribution >= 0.6 is 10.6 Å². The Balaban J connectivity index is 2.23. The van der Waals surface area contributed by atoms with Crippen LogP contribution in [-0.4, -0.2) is 23.2 Å². The maximum atomic E-state index is 10.8. The molecular formula is C20H17N3O2S. The molecule has 0 atom stereocenters. The molecule has 2 aromatic rings. The number of hydrogen-bond acceptors (Lipinski definition) is 5. The van der Waals surface area contributed by atoms with Gasteiger partial charge in [-0.2, -0.15) is 10.5 Å². The maximum Gasteiger partial charge on any atom is 0.139 e. The molecule has 0 aromatic heterocycles. The van der Waals surface area contributed by atoms with Crippen molar-refractivity contribution in [3.63, 3.8) is 0 Å². The lowest BCUT2D eigenvalue weighted by atomic mass is 9.99. The van der Waals surface area contributed by atoms with Gasteiger partial charge < -0.3 is 4.90 Å². The Morgan fingerprint density at radius 2 is 1.62 bits per heavy atom. The summed E-state index contributed by atoms with van der Waals surface area (Å²) in [6, 6.07) is 18.1. The van der Waals surface area contributed by atoms with Crippen LogP contribution in [0.3, 0.4) is 0 Å². The molecule has 0 spiro atoms. The van der Waals surface area contributed by atoms with Crippen LogP contribution in [-0.2, 0) is 0 Å². The molecule has 6 heteroatoms. The van der Waals surface area contributed by atoms with E-state index in [9.17, 15) is 19.6 Å². The van der Waals surface area contributed by atoms with Gasteiger partial charge in [0.25, 0.3) is 0 Å². The smallest absolute Gasteiger partial charge is 0.139 e. The Hall–Kier alpha value is -3.03. The number of allylic oxidation sites excluding steroid dienone is 2. The summed E-state index contributed by atoms with van der Waals surface area (Å²) in [6.07, 6.45) is 1.64. The Morgan fingerprint density at radius 3 is 2.19 bits per heavy atom. The van der Waals surface area contributed by atoms with Gasteiger partial charge >= 0.3 is 0 Å². The van der Waals surface area contributed by atoms with E-state index in [1.54, 1.807) is 30.3 Å². The predicted molar refractivity (Wildman–Crippen MR) is 104 cm³/mol. The molecule has 0 aliphatic carbocycles. The third-order valence-corrected chi connectivity index (χ3v) is 6.10. The number of hydrogen-bond donors (Lipinski definition) is 2. The average molecular weight is 363 g/mol. The summed E-state index contributed by atoms with van der Waals surface area (Å²) < 4.78 is 21.7. The Morgan fingerprint density at radius 1 is 1.00 bits per heavy atom. The fourth-order valence-corrected chi connectivity index (χ4v) is 4.66. The van der Waals surface area contributed by atoms with E-state index in [0.29, 0.717) is 16.0 Å². The highest BCUT2D eigenvalue weighted by molar-refractivity contribution is 8.28. The fraction of sp³-hybridized carbons (Fsp3) is 0.100. The molecule has 2 N–H and O–H groups in total. The van der Waals surface area contributed by atoms with Gasteiger partial charge in [0.2, 0.25) is 0 Å². The summed E-state index contributed by atoms with van der Waals surface area (Å²) in [5, 5.41) is 18.7. The summed E-state index contributed by atoms with van der Waals surface area (Å²) in [7, 11) is 0.576. The topological polar surface area (TPSA) is 91.3 Å². The number of nitrogens with zero attached hydrogens (tertiary/aromatic N) is 3. The van der Waals surface area contributed by atoms with Crippen LogP contribution in [0, 0.1) is 22.7 Å². The number of rotatable bonds is 2. The lowest BCUT2D eigenvalue weighted by Crippen LogP contribution is -2.07. The third-order valence-electron chi connectivity index (χ3n) is 4.20. The summed E-state index contributed by atoms with van der Waals surface area (Å²) in [5.74, 6) is 0. The van der Waals surface area contributed by atoms with Gasteiger partial charge in [-0.05, 0) is 29.8 Å². The van der Waals surface area contributed by atoms with Gasteiger partial charge in [-0.15, -0.1) is 10.6 Å². The molecule has 0 fully saturated rings. The largest absolute Gasteiger partial charge is 0.378 e. The molecule has 0 bridgehead atoms. The highest BCUT2D eigenvalue weighted by atomic mass is 32.3. The molecule has 0 amide bonds. The van der Waals surface area contributed by atoms with E-state index >= 15 is 0 Å². The Labute approximate surface area is 154 Å². The van der Waals surface area contributed by atoms with Crippen LogP contribution in [0.15, 0.2) is 63.9 Å². The molecule has 2 aromatic carbocycles. The molecule has 0 radical (unpaired) electrons. The zero-order valence-electron chi connectivity index (χ0n) is 14.3. The monoisotopic (exact) mass is 363 g/mol. The van der Waals surface area contributed by atoms with Gasteiger partial charge in [0.05, 0.1) is 9.80 Å². The predicted octanol–water partition coefficient (Wildman–Crippen LogP) is 4.72. The van der Waals surface area contributed by atoms with E-state index in [2.05, 4.69) is 0 Å². The van der Waals surface area contributed by atoms with E-state index in [1.807, 2.05) is 55.4 Å². The van der Waals surface area contributed by atoms with Crippen LogP contribution in [0.1, 0.15) is 11.1 Å². The van der Waals surface area contributed by atoms with Crippen LogP contribution in [0.2, 0.25) is 0 Å². The number of nitriles is 2. The molecule has 5 nitrogen and oxygen atoms in total. The van der Waals surface area contributed by atoms with Gasteiger partial charge in [0, 0.05) is 30.9 Å². The fourth-order valence-electron chi connectivity index (χ4n) is 2.88. The maximum absolute atomic E-state index is 10.8. The molecule has 0 saturated carbocycles. The summed E-state index contributed by atoms with van der Waals surface area (Å²) >= 11 is 0. The second kappa shape index (κ2) is 6.70. The van der Waals surface area contributed by atoms with E-state index in [1.165, 1.54) is 0 Å². The first kappa shape index (κ1) is 17.8. The second-order valence-electron chi connectivity index (χ2n) is 6.01. The third kappa shape index (κ3) is 2.87. The quantitative estimate of drug-likeness (QED) is 0.754. The normalized spacial score (nSPS) is 17.2.